The lowest BCUT2D eigenvalue weighted by Gasteiger charge is -2.26. The third-order valence-corrected chi connectivity index (χ3v) is 5.60. The highest BCUT2D eigenvalue weighted by atomic mass is 32.2. The zero-order valence-electron chi connectivity index (χ0n) is 12.9. The first-order valence-corrected chi connectivity index (χ1v) is 8.87. The Labute approximate surface area is 135 Å². The van der Waals surface area contributed by atoms with Crippen molar-refractivity contribution in [3.8, 4) is 0 Å². The predicted octanol–water partition coefficient (Wildman–Crippen LogP) is 0.892. The summed E-state index contributed by atoms with van der Waals surface area (Å²) in [5.41, 5.74) is 5.11. The van der Waals surface area contributed by atoms with Crippen LogP contribution < -0.4 is 5.73 Å². The van der Waals surface area contributed by atoms with Crippen molar-refractivity contribution >= 4 is 21.9 Å². The first-order chi connectivity index (χ1) is 10.8. The van der Waals surface area contributed by atoms with Gasteiger partial charge in [0.2, 0.25) is 10.0 Å². The fraction of sp³-hybridized carbons (Fsp3) is 0.467. The second-order valence-corrected chi connectivity index (χ2v) is 7.38. The molecule has 1 amide bonds. The molecule has 0 spiro atoms. The van der Waals surface area contributed by atoms with Crippen LogP contribution in [0.2, 0.25) is 0 Å². The lowest BCUT2D eigenvalue weighted by Crippen LogP contribution is -2.35. The van der Waals surface area contributed by atoms with Gasteiger partial charge in [-0.25, -0.2) is 13.2 Å². The van der Waals surface area contributed by atoms with Crippen LogP contribution in [-0.4, -0.2) is 43.8 Å². The van der Waals surface area contributed by atoms with Crippen LogP contribution in [0.4, 0.5) is 0 Å². The lowest BCUT2D eigenvalue weighted by atomic mass is 10.2. The number of piperidine rings is 1. The van der Waals surface area contributed by atoms with Crippen molar-refractivity contribution in [2.75, 3.05) is 13.1 Å². The lowest BCUT2D eigenvalue weighted by molar-refractivity contribution is -0.125. The monoisotopic (exact) mass is 340 g/mol. The molecular formula is C15H20N2O5S. The predicted molar refractivity (Wildman–Crippen MR) is 83.1 cm³/mol. The van der Waals surface area contributed by atoms with E-state index in [0.717, 1.165) is 19.3 Å². The minimum absolute atomic E-state index is 0.0422. The molecular weight excluding hydrogens is 320 g/mol. The van der Waals surface area contributed by atoms with Crippen LogP contribution in [0.1, 0.15) is 36.5 Å². The second kappa shape index (κ2) is 7.10. The van der Waals surface area contributed by atoms with Gasteiger partial charge in [0.1, 0.15) is 0 Å². The molecule has 1 aromatic carbocycles. The maximum absolute atomic E-state index is 12.6. The molecule has 0 saturated carbocycles. The molecule has 1 fully saturated rings. The number of benzene rings is 1. The standard InChI is InChI=1S/C15H20N2O5S/c1-11(14(16)18)22-15(19)12-6-5-7-13(10-12)23(20,21)17-8-3-2-4-9-17/h5-7,10-11H,2-4,8-9H2,1H3,(H2,16,18)/t11-/m1/s1. The summed E-state index contributed by atoms with van der Waals surface area (Å²) in [6.45, 7) is 2.32. The van der Waals surface area contributed by atoms with Gasteiger partial charge in [-0.2, -0.15) is 4.31 Å². The van der Waals surface area contributed by atoms with Gasteiger partial charge in [-0.15, -0.1) is 0 Å². The number of rotatable bonds is 5. The summed E-state index contributed by atoms with van der Waals surface area (Å²) in [5.74, 6) is -1.55. The van der Waals surface area contributed by atoms with Crippen LogP contribution >= 0.6 is 0 Å². The van der Waals surface area contributed by atoms with E-state index in [1.807, 2.05) is 0 Å². The Kier molecular flexibility index (Phi) is 5.38. The van der Waals surface area contributed by atoms with Crippen LogP contribution in [0.25, 0.3) is 0 Å². The van der Waals surface area contributed by atoms with Crippen LogP contribution in [0.5, 0.6) is 0 Å². The van der Waals surface area contributed by atoms with E-state index in [4.69, 9.17) is 10.5 Å². The van der Waals surface area contributed by atoms with Gasteiger partial charge >= 0.3 is 5.97 Å². The minimum Gasteiger partial charge on any atom is -0.449 e. The molecule has 0 aromatic heterocycles. The van der Waals surface area contributed by atoms with Crippen LogP contribution in [-0.2, 0) is 19.6 Å². The summed E-state index contributed by atoms with van der Waals surface area (Å²) >= 11 is 0. The number of nitrogens with two attached hydrogens (primary N) is 1. The molecule has 0 radical (unpaired) electrons. The van der Waals surface area contributed by atoms with Gasteiger partial charge in [-0.05, 0) is 38.0 Å². The van der Waals surface area contributed by atoms with Gasteiger partial charge in [0.15, 0.2) is 6.10 Å². The van der Waals surface area contributed by atoms with E-state index < -0.39 is 28.0 Å². The number of carbonyl (C=O) groups is 2. The van der Waals surface area contributed by atoms with Crippen LogP contribution in [0.15, 0.2) is 29.2 Å². The van der Waals surface area contributed by atoms with Crippen molar-refractivity contribution in [3.63, 3.8) is 0 Å². The maximum atomic E-state index is 12.6. The molecule has 0 bridgehead atoms. The molecule has 1 aliphatic rings. The molecule has 1 aliphatic heterocycles. The van der Waals surface area contributed by atoms with Crippen molar-refractivity contribution in [2.45, 2.75) is 37.2 Å². The van der Waals surface area contributed by atoms with E-state index in [-0.39, 0.29) is 10.5 Å². The molecule has 7 nitrogen and oxygen atoms in total. The van der Waals surface area contributed by atoms with E-state index in [0.29, 0.717) is 13.1 Å². The zero-order valence-corrected chi connectivity index (χ0v) is 13.7. The highest BCUT2D eigenvalue weighted by molar-refractivity contribution is 7.89. The van der Waals surface area contributed by atoms with Gasteiger partial charge in [0, 0.05) is 13.1 Å². The Morgan fingerprint density at radius 3 is 2.48 bits per heavy atom. The smallest absolute Gasteiger partial charge is 0.338 e. The molecule has 1 atom stereocenters. The maximum Gasteiger partial charge on any atom is 0.338 e. The van der Waals surface area contributed by atoms with Crippen LogP contribution in [0.3, 0.4) is 0 Å². The first-order valence-electron chi connectivity index (χ1n) is 7.43. The molecule has 23 heavy (non-hydrogen) atoms. The number of esters is 1. The van der Waals surface area contributed by atoms with E-state index >= 15 is 0 Å². The first kappa shape index (κ1) is 17.4. The highest BCUT2D eigenvalue weighted by Gasteiger charge is 2.27. The Balaban J connectivity index is 2.22. The number of nitrogens with zero attached hydrogens (tertiary/aromatic N) is 1. The van der Waals surface area contributed by atoms with Crippen molar-refractivity contribution < 1.29 is 22.7 Å². The SMILES string of the molecule is C[C@@H](OC(=O)c1cccc(S(=O)(=O)N2CCCCC2)c1)C(N)=O. The fourth-order valence-corrected chi connectivity index (χ4v) is 3.89. The largest absolute Gasteiger partial charge is 0.449 e. The summed E-state index contributed by atoms with van der Waals surface area (Å²) in [6, 6.07) is 5.62. The number of primary amides is 1. The molecule has 8 heteroatoms. The summed E-state index contributed by atoms with van der Waals surface area (Å²) in [6.07, 6.45) is 1.60. The van der Waals surface area contributed by atoms with Gasteiger partial charge in [-0.1, -0.05) is 12.5 Å². The van der Waals surface area contributed by atoms with Gasteiger partial charge in [0.25, 0.3) is 5.91 Å². The third-order valence-electron chi connectivity index (χ3n) is 3.71. The summed E-state index contributed by atoms with van der Waals surface area (Å²) in [5, 5.41) is 0. The number of hydrogen-bond donors (Lipinski definition) is 1. The molecule has 2 N–H and O–H groups in total. The number of carbonyl (C=O) groups excluding carboxylic acids is 2. The topological polar surface area (TPSA) is 107 Å². The molecule has 1 aromatic rings. The summed E-state index contributed by atoms with van der Waals surface area (Å²) < 4.78 is 31.5. The zero-order chi connectivity index (χ0) is 17.0. The Morgan fingerprint density at radius 1 is 1.22 bits per heavy atom. The molecule has 1 saturated heterocycles. The molecule has 1 heterocycles. The fourth-order valence-electron chi connectivity index (χ4n) is 2.32. The summed E-state index contributed by atoms with van der Waals surface area (Å²) in [7, 11) is -3.63. The van der Waals surface area contributed by atoms with E-state index in [2.05, 4.69) is 0 Å². The normalized spacial score (nSPS) is 17.4. The Hall–Kier alpha value is -1.93. The minimum atomic E-state index is -3.63. The van der Waals surface area contributed by atoms with Crippen LogP contribution in [0, 0.1) is 0 Å². The van der Waals surface area contributed by atoms with Gasteiger partial charge in [0.05, 0.1) is 10.5 Å². The Morgan fingerprint density at radius 2 is 1.87 bits per heavy atom. The third kappa shape index (κ3) is 4.08. The van der Waals surface area contributed by atoms with E-state index in [9.17, 15) is 18.0 Å². The van der Waals surface area contributed by atoms with E-state index in [1.54, 1.807) is 0 Å². The van der Waals surface area contributed by atoms with Crippen molar-refractivity contribution in [1.29, 1.82) is 0 Å². The highest BCUT2D eigenvalue weighted by Crippen LogP contribution is 2.21. The number of amides is 1. The van der Waals surface area contributed by atoms with Gasteiger partial charge in [-0.3, -0.25) is 4.79 Å². The Bertz CT molecular complexity index is 696. The average molecular weight is 340 g/mol. The van der Waals surface area contributed by atoms with Crippen molar-refractivity contribution in [3.05, 3.63) is 29.8 Å². The number of ether oxygens (including phenoxy) is 1. The molecule has 0 aliphatic carbocycles. The molecule has 2 rings (SSSR count). The van der Waals surface area contributed by atoms with Crippen molar-refractivity contribution in [2.24, 2.45) is 5.73 Å². The number of hydrogen-bond acceptors (Lipinski definition) is 5. The second-order valence-electron chi connectivity index (χ2n) is 5.44. The number of sulfonamides is 1. The average Bonchev–Trinajstić information content (AvgIpc) is 2.55. The molecule has 0 unspecified atom stereocenters. The molecule has 126 valence electrons. The quantitative estimate of drug-likeness (QED) is 0.801. The summed E-state index contributed by atoms with van der Waals surface area (Å²) in [4.78, 5) is 23.0. The van der Waals surface area contributed by atoms with Crippen molar-refractivity contribution in [1.82, 2.24) is 4.31 Å². The van der Waals surface area contributed by atoms with E-state index in [1.165, 1.54) is 35.5 Å². The van der Waals surface area contributed by atoms with Gasteiger partial charge < -0.3 is 10.5 Å².